The Balaban J connectivity index is 3.52. The van der Waals surface area contributed by atoms with Crippen molar-refractivity contribution in [1.82, 2.24) is 5.32 Å². The molecule has 6 nitrogen and oxygen atoms in total. The summed E-state index contributed by atoms with van der Waals surface area (Å²) in [5, 5.41) is 23.2. The number of amides is 1. The van der Waals surface area contributed by atoms with Crippen molar-refractivity contribution in [1.29, 1.82) is 0 Å². The molecule has 0 aliphatic rings. The van der Waals surface area contributed by atoms with Crippen molar-refractivity contribution in [2.75, 3.05) is 13.2 Å². The molecule has 0 aromatic heterocycles. The number of allylic oxidation sites excluding steroid dienone is 9. The molecule has 0 bridgehead atoms. The van der Waals surface area contributed by atoms with Crippen LogP contribution in [0.4, 0.5) is 0 Å². The number of aliphatic hydroxyl groups excluding tert-OH is 2. The van der Waals surface area contributed by atoms with Crippen molar-refractivity contribution in [2.24, 2.45) is 0 Å². The summed E-state index contributed by atoms with van der Waals surface area (Å²) < 4.78 is 5.47. The minimum Gasteiger partial charge on any atom is -0.466 e. The van der Waals surface area contributed by atoms with Crippen molar-refractivity contribution in [2.45, 2.75) is 353 Å². The van der Waals surface area contributed by atoms with Crippen molar-refractivity contribution in [3.05, 3.63) is 60.8 Å². The summed E-state index contributed by atoms with van der Waals surface area (Å²) in [5.74, 6) is -0.103. The first-order chi connectivity index (χ1) is 37.0. The van der Waals surface area contributed by atoms with Gasteiger partial charge in [-0.05, 0) is 103 Å². The fourth-order valence-electron chi connectivity index (χ4n) is 9.93. The van der Waals surface area contributed by atoms with Gasteiger partial charge >= 0.3 is 5.97 Å². The van der Waals surface area contributed by atoms with E-state index in [1.54, 1.807) is 6.08 Å². The summed E-state index contributed by atoms with van der Waals surface area (Å²) in [6, 6.07) is -0.643. The third-order valence-electron chi connectivity index (χ3n) is 15.0. The summed E-state index contributed by atoms with van der Waals surface area (Å²) in [6.07, 6.45) is 84.1. The number of carbonyl (C=O) groups is 2. The van der Waals surface area contributed by atoms with Gasteiger partial charge < -0.3 is 20.3 Å². The summed E-state index contributed by atoms with van der Waals surface area (Å²) >= 11 is 0. The molecule has 0 aromatic rings. The molecule has 0 saturated heterocycles. The van der Waals surface area contributed by atoms with Gasteiger partial charge in [-0.3, -0.25) is 9.59 Å². The van der Waals surface area contributed by atoms with E-state index < -0.39 is 12.1 Å². The Hall–Kier alpha value is -2.44. The van der Waals surface area contributed by atoms with E-state index in [0.717, 1.165) is 89.9 Å². The van der Waals surface area contributed by atoms with Crippen molar-refractivity contribution >= 4 is 11.9 Å². The monoisotopic (exact) mass is 1050 g/mol. The molecule has 0 fully saturated rings. The Morgan fingerprint density at radius 1 is 0.373 bits per heavy atom. The molecule has 6 heteroatoms. The van der Waals surface area contributed by atoms with Crippen LogP contribution in [0.5, 0.6) is 0 Å². The maximum Gasteiger partial charge on any atom is 0.305 e. The highest BCUT2D eigenvalue weighted by Gasteiger charge is 2.18. The lowest BCUT2D eigenvalue weighted by Crippen LogP contribution is -2.45. The zero-order chi connectivity index (χ0) is 54.3. The van der Waals surface area contributed by atoms with Crippen LogP contribution in [0.1, 0.15) is 341 Å². The van der Waals surface area contributed by atoms with Crippen molar-refractivity contribution in [3.8, 4) is 0 Å². The van der Waals surface area contributed by atoms with E-state index in [9.17, 15) is 19.8 Å². The van der Waals surface area contributed by atoms with Gasteiger partial charge in [-0.1, -0.05) is 286 Å². The quantitative estimate of drug-likeness (QED) is 0.0320. The van der Waals surface area contributed by atoms with Crippen LogP contribution in [0.2, 0.25) is 0 Å². The van der Waals surface area contributed by atoms with Crippen LogP contribution in [-0.2, 0) is 14.3 Å². The summed E-state index contributed by atoms with van der Waals surface area (Å²) in [7, 11) is 0. The van der Waals surface area contributed by atoms with Crippen LogP contribution in [0, 0.1) is 0 Å². The predicted molar refractivity (Wildman–Crippen MR) is 328 cm³/mol. The zero-order valence-electron chi connectivity index (χ0n) is 50.0. The number of carbonyl (C=O) groups excluding carboxylic acids is 2. The molecule has 0 rings (SSSR count). The normalized spacial score (nSPS) is 13.0. The Morgan fingerprint density at radius 3 is 1.04 bits per heavy atom. The molecular weight excluding hydrogens is 923 g/mol. The molecule has 1 amide bonds. The Kier molecular flexibility index (Phi) is 62.0. The lowest BCUT2D eigenvalue weighted by molar-refractivity contribution is -0.143. The molecule has 438 valence electrons. The fourth-order valence-corrected chi connectivity index (χ4v) is 9.93. The van der Waals surface area contributed by atoms with Crippen LogP contribution in [-0.4, -0.2) is 47.4 Å². The second kappa shape index (κ2) is 64.1. The van der Waals surface area contributed by atoms with Gasteiger partial charge in [-0.2, -0.15) is 0 Å². The van der Waals surface area contributed by atoms with Crippen LogP contribution in [0.3, 0.4) is 0 Å². The second-order valence-electron chi connectivity index (χ2n) is 22.4. The van der Waals surface area contributed by atoms with Gasteiger partial charge in [0.15, 0.2) is 0 Å². The van der Waals surface area contributed by atoms with Gasteiger partial charge in [0.25, 0.3) is 0 Å². The molecule has 3 N–H and O–H groups in total. The second-order valence-corrected chi connectivity index (χ2v) is 22.4. The van der Waals surface area contributed by atoms with Gasteiger partial charge in [-0.15, -0.1) is 0 Å². The lowest BCUT2D eigenvalue weighted by atomic mass is 10.0. The molecule has 0 aliphatic carbocycles. The molecule has 0 radical (unpaired) electrons. The first kappa shape index (κ1) is 72.6. The maximum absolute atomic E-state index is 12.5. The van der Waals surface area contributed by atoms with Crippen molar-refractivity contribution < 1.29 is 24.5 Å². The summed E-state index contributed by atoms with van der Waals surface area (Å²) in [6.45, 7) is 4.85. The lowest BCUT2D eigenvalue weighted by Gasteiger charge is -2.20. The average Bonchev–Trinajstić information content (AvgIpc) is 3.41. The van der Waals surface area contributed by atoms with E-state index >= 15 is 0 Å². The van der Waals surface area contributed by atoms with Crippen LogP contribution < -0.4 is 5.32 Å². The first-order valence-corrected chi connectivity index (χ1v) is 33.1. The number of nitrogens with one attached hydrogen (secondary N) is 1. The van der Waals surface area contributed by atoms with Gasteiger partial charge in [0, 0.05) is 12.8 Å². The van der Waals surface area contributed by atoms with E-state index in [0.29, 0.717) is 19.4 Å². The van der Waals surface area contributed by atoms with Gasteiger partial charge in [0.05, 0.1) is 25.4 Å². The van der Waals surface area contributed by atoms with Crippen molar-refractivity contribution in [3.63, 3.8) is 0 Å². The van der Waals surface area contributed by atoms with E-state index in [4.69, 9.17) is 4.74 Å². The van der Waals surface area contributed by atoms with Crippen LogP contribution in [0.15, 0.2) is 60.8 Å². The number of rotatable bonds is 61. The number of unbranched alkanes of at least 4 members (excludes halogenated alkanes) is 42. The van der Waals surface area contributed by atoms with E-state index in [1.807, 2.05) is 6.08 Å². The molecule has 2 unspecified atom stereocenters. The maximum atomic E-state index is 12.5. The number of hydrogen-bond donors (Lipinski definition) is 3. The molecule has 2 atom stereocenters. The standard InChI is InChI=1S/C69H127NO5/c1-3-5-7-9-11-13-15-17-19-21-23-24-25-27-29-33-37-41-45-49-53-57-61-67(72)66(65-71)70-68(73)62-58-54-50-46-42-38-34-30-28-32-36-40-44-48-52-56-60-64-75-69(74)63-59-55-51-47-43-39-35-31-26-22-20-18-16-14-12-10-8-6-4-2/h12,14,18,20,28,32,40,44,57,61,66-67,71-72H,3-11,13,15-17,19,21-27,29-31,33-39,41-43,45-56,58-60,62-65H2,1-2H3,(H,70,73)/b14-12-,20-18-,32-28-,44-40-,61-57+. The van der Waals surface area contributed by atoms with Crippen LogP contribution in [0.25, 0.3) is 0 Å². The smallest absolute Gasteiger partial charge is 0.305 e. The highest BCUT2D eigenvalue weighted by Crippen LogP contribution is 2.17. The number of hydrogen-bond acceptors (Lipinski definition) is 5. The van der Waals surface area contributed by atoms with Gasteiger partial charge in [-0.25, -0.2) is 0 Å². The molecule has 0 aromatic carbocycles. The Labute approximate surface area is 467 Å². The minimum atomic E-state index is -0.858. The van der Waals surface area contributed by atoms with E-state index in [1.165, 1.54) is 225 Å². The SMILES string of the molecule is CCCCC/C=C\C/C=C\CCCCCCCCCCCC(=O)OCCCCC/C=C\C/C=C\CCCCCCCCCC(=O)NC(CO)C(O)/C=C/CCCCCCCCCCCCCCCCCCCCCC. The largest absolute Gasteiger partial charge is 0.466 e. The summed E-state index contributed by atoms with van der Waals surface area (Å²) in [4.78, 5) is 24.6. The molecule has 75 heavy (non-hydrogen) atoms. The molecule has 0 saturated carbocycles. The molecule has 0 spiro atoms. The fraction of sp³-hybridized carbons (Fsp3) is 0.826. The predicted octanol–water partition coefficient (Wildman–Crippen LogP) is 21.1. The molecular formula is C69H127NO5. The average molecular weight is 1050 g/mol. The third-order valence-corrected chi connectivity index (χ3v) is 15.0. The van der Waals surface area contributed by atoms with E-state index in [-0.39, 0.29) is 18.5 Å². The first-order valence-electron chi connectivity index (χ1n) is 33.1. The highest BCUT2D eigenvalue weighted by molar-refractivity contribution is 5.76. The number of esters is 1. The Morgan fingerprint density at radius 2 is 0.667 bits per heavy atom. The van der Waals surface area contributed by atoms with Gasteiger partial charge in [0.1, 0.15) is 0 Å². The highest BCUT2D eigenvalue weighted by atomic mass is 16.5. The molecule has 0 heterocycles. The minimum absolute atomic E-state index is 0.0202. The topological polar surface area (TPSA) is 95.9 Å². The third kappa shape index (κ3) is 60.6. The van der Waals surface area contributed by atoms with Gasteiger partial charge in [0.2, 0.25) is 5.91 Å². The summed E-state index contributed by atoms with van der Waals surface area (Å²) in [5.41, 5.74) is 0. The number of aliphatic hydroxyl groups is 2. The van der Waals surface area contributed by atoms with E-state index in [2.05, 4.69) is 67.8 Å². The van der Waals surface area contributed by atoms with Crippen LogP contribution >= 0.6 is 0 Å². The zero-order valence-corrected chi connectivity index (χ0v) is 50.0. The number of ether oxygens (including phenoxy) is 1. The molecule has 0 aliphatic heterocycles. The Bertz CT molecular complexity index is 1300.